The van der Waals surface area contributed by atoms with Crippen molar-refractivity contribution in [3.05, 3.63) is 12.8 Å². The molecule has 0 spiro atoms. The molecular weight excluding hydrogens is 124 g/mol. The summed E-state index contributed by atoms with van der Waals surface area (Å²) in [5.74, 6) is 0. The molecule has 0 N–H and O–H groups in total. The molecule has 0 aromatic heterocycles. The van der Waals surface area contributed by atoms with E-state index in [4.69, 9.17) is 0 Å². The summed E-state index contributed by atoms with van der Waals surface area (Å²) < 4.78 is 0. The predicted octanol–water partition coefficient (Wildman–Crippen LogP) is 2.24. The topological polar surface area (TPSA) is 15.6 Å². The zero-order valence-corrected chi connectivity index (χ0v) is 7.04. The molecule has 0 heterocycles. The number of hydrazone groups is 1. The van der Waals surface area contributed by atoms with Crippen molar-refractivity contribution in [3.63, 3.8) is 0 Å². The molecule has 58 valence electrons. The molecule has 0 aromatic rings. The minimum absolute atomic E-state index is 0.403. The Balaban J connectivity index is 3.82. The summed E-state index contributed by atoms with van der Waals surface area (Å²) in [5, 5.41) is 5.99. The maximum atomic E-state index is 4.15. The van der Waals surface area contributed by atoms with E-state index in [-0.39, 0.29) is 0 Å². The molecule has 0 aromatic carbocycles. The molecule has 0 radical (unpaired) electrons. The maximum absolute atomic E-state index is 4.15. The van der Waals surface area contributed by atoms with E-state index >= 15 is 0 Å². The van der Waals surface area contributed by atoms with Gasteiger partial charge in [0.15, 0.2) is 0 Å². The first kappa shape index (κ1) is 9.21. The van der Waals surface area contributed by atoms with Gasteiger partial charge in [-0.1, -0.05) is 13.5 Å². The highest BCUT2D eigenvalue weighted by molar-refractivity contribution is 5.56. The Labute approximate surface area is 63.2 Å². The molecule has 0 aliphatic rings. The monoisotopic (exact) mass is 140 g/mol. The standard InChI is InChI=1S/C8H16N2/c1-5-7-9-10(6-2)8(3)4/h6-8H,2,5H2,1,3-4H3/b9-7-. The molecule has 0 unspecified atom stereocenters. The van der Waals surface area contributed by atoms with Crippen LogP contribution in [0.3, 0.4) is 0 Å². The van der Waals surface area contributed by atoms with Gasteiger partial charge < -0.3 is 0 Å². The third-order valence-electron chi connectivity index (χ3n) is 1.11. The van der Waals surface area contributed by atoms with Gasteiger partial charge >= 0.3 is 0 Å². The first-order valence-electron chi connectivity index (χ1n) is 3.65. The molecule has 0 saturated heterocycles. The van der Waals surface area contributed by atoms with Crippen LogP contribution in [-0.2, 0) is 0 Å². The fourth-order valence-corrected chi connectivity index (χ4v) is 0.567. The molecule has 0 bridgehead atoms. The average Bonchev–Trinajstić information content (AvgIpc) is 1.89. The van der Waals surface area contributed by atoms with Gasteiger partial charge in [-0.15, -0.1) is 0 Å². The van der Waals surface area contributed by atoms with E-state index in [2.05, 4.69) is 32.5 Å². The van der Waals surface area contributed by atoms with Crippen LogP contribution in [0, 0.1) is 0 Å². The van der Waals surface area contributed by atoms with Crippen molar-refractivity contribution in [3.8, 4) is 0 Å². The highest BCUT2D eigenvalue weighted by Crippen LogP contribution is 1.97. The summed E-state index contributed by atoms with van der Waals surface area (Å²) in [4.78, 5) is 0. The SMILES string of the molecule is C=CN(/N=C\CC)C(C)C. The Kier molecular flexibility index (Phi) is 4.63. The van der Waals surface area contributed by atoms with Gasteiger partial charge in [0.2, 0.25) is 0 Å². The molecule has 2 heteroatoms. The van der Waals surface area contributed by atoms with Gasteiger partial charge in [0.05, 0.1) is 0 Å². The molecular formula is C8H16N2. The molecule has 0 aliphatic heterocycles. The normalized spacial score (nSPS) is 10.8. The minimum Gasteiger partial charge on any atom is -0.271 e. The Morgan fingerprint density at radius 2 is 2.20 bits per heavy atom. The molecule has 0 atom stereocenters. The van der Waals surface area contributed by atoms with Gasteiger partial charge in [0, 0.05) is 18.5 Å². The summed E-state index contributed by atoms with van der Waals surface area (Å²) in [5.41, 5.74) is 0. The van der Waals surface area contributed by atoms with Gasteiger partial charge in [0.25, 0.3) is 0 Å². The quantitative estimate of drug-likeness (QED) is 0.432. The summed E-state index contributed by atoms with van der Waals surface area (Å²) in [7, 11) is 0. The highest BCUT2D eigenvalue weighted by Gasteiger charge is 1.97. The van der Waals surface area contributed by atoms with Gasteiger partial charge in [-0.25, -0.2) is 0 Å². The van der Waals surface area contributed by atoms with Crippen molar-refractivity contribution in [2.45, 2.75) is 33.2 Å². The van der Waals surface area contributed by atoms with Crippen LogP contribution in [0.2, 0.25) is 0 Å². The molecule has 2 nitrogen and oxygen atoms in total. The largest absolute Gasteiger partial charge is 0.271 e. The summed E-state index contributed by atoms with van der Waals surface area (Å²) in [6, 6.07) is 0.403. The summed E-state index contributed by atoms with van der Waals surface area (Å²) >= 11 is 0. The number of nitrogens with zero attached hydrogens (tertiary/aromatic N) is 2. The number of hydrogen-bond acceptors (Lipinski definition) is 2. The first-order chi connectivity index (χ1) is 4.72. The summed E-state index contributed by atoms with van der Waals surface area (Å²) in [6.07, 6.45) is 4.58. The van der Waals surface area contributed by atoms with Gasteiger partial charge in [-0.05, 0) is 20.3 Å². The third kappa shape index (κ3) is 3.28. The van der Waals surface area contributed by atoms with Crippen molar-refractivity contribution in [2.24, 2.45) is 5.10 Å². The predicted molar refractivity (Wildman–Crippen MR) is 46.0 cm³/mol. The zero-order chi connectivity index (χ0) is 7.98. The Morgan fingerprint density at radius 3 is 2.50 bits per heavy atom. The van der Waals surface area contributed by atoms with E-state index in [9.17, 15) is 0 Å². The van der Waals surface area contributed by atoms with E-state index in [1.807, 2.05) is 11.2 Å². The Morgan fingerprint density at radius 1 is 1.60 bits per heavy atom. The number of hydrogen-bond donors (Lipinski definition) is 0. The lowest BCUT2D eigenvalue weighted by atomic mass is 10.4. The molecule has 0 amide bonds. The van der Waals surface area contributed by atoms with Gasteiger partial charge in [-0.2, -0.15) is 5.10 Å². The van der Waals surface area contributed by atoms with Crippen LogP contribution in [0.4, 0.5) is 0 Å². The minimum atomic E-state index is 0.403. The van der Waals surface area contributed by atoms with Gasteiger partial charge in [0.1, 0.15) is 0 Å². The smallest absolute Gasteiger partial charge is 0.0462 e. The molecule has 0 saturated carbocycles. The van der Waals surface area contributed by atoms with Crippen molar-refractivity contribution in [1.29, 1.82) is 0 Å². The second-order valence-corrected chi connectivity index (χ2v) is 2.36. The molecule has 0 rings (SSSR count). The van der Waals surface area contributed by atoms with E-state index in [0.29, 0.717) is 6.04 Å². The first-order valence-corrected chi connectivity index (χ1v) is 3.65. The Hall–Kier alpha value is -0.790. The van der Waals surface area contributed by atoms with E-state index in [1.165, 1.54) is 0 Å². The molecule has 0 fully saturated rings. The van der Waals surface area contributed by atoms with E-state index in [1.54, 1.807) is 6.20 Å². The second-order valence-electron chi connectivity index (χ2n) is 2.36. The van der Waals surface area contributed by atoms with Crippen LogP contribution < -0.4 is 0 Å². The van der Waals surface area contributed by atoms with Gasteiger partial charge in [-0.3, -0.25) is 5.01 Å². The third-order valence-corrected chi connectivity index (χ3v) is 1.11. The highest BCUT2D eigenvalue weighted by atomic mass is 15.4. The van der Waals surface area contributed by atoms with Crippen LogP contribution in [0.1, 0.15) is 27.2 Å². The van der Waals surface area contributed by atoms with Crippen molar-refractivity contribution >= 4 is 6.21 Å². The van der Waals surface area contributed by atoms with Crippen LogP contribution in [0.15, 0.2) is 17.9 Å². The Bertz CT molecular complexity index is 116. The summed E-state index contributed by atoms with van der Waals surface area (Å²) in [6.45, 7) is 9.86. The van der Waals surface area contributed by atoms with Crippen molar-refractivity contribution in [1.82, 2.24) is 5.01 Å². The van der Waals surface area contributed by atoms with Crippen LogP contribution in [0.25, 0.3) is 0 Å². The van der Waals surface area contributed by atoms with Crippen LogP contribution in [0.5, 0.6) is 0 Å². The van der Waals surface area contributed by atoms with Crippen molar-refractivity contribution in [2.75, 3.05) is 0 Å². The lowest BCUT2D eigenvalue weighted by molar-refractivity contribution is 0.330. The number of rotatable bonds is 4. The van der Waals surface area contributed by atoms with Crippen LogP contribution in [-0.4, -0.2) is 17.3 Å². The molecule has 10 heavy (non-hydrogen) atoms. The van der Waals surface area contributed by atoms with E-state index in [0.717, 1.165) is 6.42 Å². The fourth-order valence-electron chi connectivity index (χ4n) is 0.567. The lowest BCUT2D eigenvalue weighted by Gasteiger charge is -2.17. The van der Waals surface area contributed by atoms with Crippen molar-refractivity contribution < 1.29 is 0 Å². The van der Waals surface area contributed by atoms with E-state index < -0.39 is 0 Å². The lowest BCUT2D eigenvalue weighted by Crippen LogP contribution is -2.18. The molecule has 0 aliphatic carbocycles. The maximum Gasteiger partial charge on any atom is 0.0462 e. The fraction of sp³-hybridized carbons (Fsp3) is 0.625. The van der Waals surface area contributed by atoms with Crippen LogP contribution >= 0.6 is 0 Å². The zero-order valence-electron chi connectivity index (χ0n) is 7.04. The second kappa shape index (κ2) is 5.03. The average molecular weight is 140 g/mol.